The summed E-state index contributed by atoms with van der Waals surface area (Å²) >= 11 is 0. The van der Waals surface area contributed by atoms with E-state index in [1.807, 2.05) is 45.0 Å². The molecule has 0 saturated heterocycles. The molecule has 9 heteroatoms. The number of para-hydroxylation sites is 1. The normalized spacial score (nSPS) is 10.9. The van der Waals surface area contributed by atoms with Gasteiger partial charge in [-0.1, -0.05) is 18.2 Å². The first-order valence-electron chi connectivity index (χ1n) is 10.8. The van der Waals surface area contributed by atoms with Gasteiger partial charge in [0.05, 0.1) is 32.6 Å². The molecule has 0 fully saturated rings. The van der Waals surface area contributed by atoms with Crippen LogP contribution in [0.25, 0.3) is 10.9 Å². The summed E-state index contributed by atoms with van der Waals surface area (Å²) in [7, 11) is 0. The number of benzene rings is 2. The molecule has 0 radical (unpaired) electrons. The van der Waals surface area contributed by atoms with E-state index in [0.29, 0.717) is 42.6 Å². The Labute approximate surface area is 192 Å². The molecule has 9 nitrogen and oxygen atoms in total. The molecule has 0 unspecified atom stereocenters. The van der Waals surface area contributed by atoms with E-state index in [4.69, 9.17) is 14.2 Å². The summed E-state index contributed by atoms with van der Waals surface area (Å²) in [6, 6.07) is 10.9. The van der Waals surface area contributed by atoms with E-state index in [1.165, 1.54) is 0 Å². The summed E-state index contributed by atoms with van der Waals surface area (Å²) in [5, 5.41) is 7.55. The number of carbonyl (C=O) groups excluding carboxylic acids is 2. The van der Waals surface area contributed by atoms with E-state index in [-0.39, 0.29) is 6.54 Å². The maximum absolute atomic E-state index is 12.7. The first-order chi connectivity index (χ1) is 16.1. The third kappa shape index (κ3) is 6.03. The van der Waals surface area contributed by atoms with Crippen molar-refractivity contribution in [2.45, 2.75) is 20.8 Å². The van der Waals surface area contributed by atoms with Crippen LogP contribution in [0.15, 0.2) is 47.7 Å². The number of H-pyrrole nitrogens is 1. The maximum atomic E-state index is 12.7. The van der Waals surface area contributed by atoms with E-state index in [0.717, 1.165) is 16.5 Å². The zero-order valence-corrected chi connectivity index (χ0v) is 18.9. The number of carbonyl (C=O) groups is 2. The Morgan fingerprint density at radius 3 is 2.33 bits per heavy atom. The van der Waals surface area contributed by atoms with Gasteiger partial charge in [0.2, 0.25) is 5.75 Å². The van der Waals surface area contributed by atoms with Gasteiger partial charge in [0.25, 0.3) is 11.8 Å². The lowest BCUT2D eigenvalue weighted by atomic mass is 10.1. The Kier molecular flexibility index (Phi) is 8.29. The molecule has 0 aliphatic carbocycles. The molecule has 0 aliphatic heterocycles. The molecule has 3 N–H and O–H groups in total. The quantitative estimate of drug-likeness (QED) is 0.305. The van der Waals surface area contributed by atoms with Gasteiger partial charge in [-0.25, -0.2) is 5.43 Å². The van der Waals surface area contributed by atoms with Crippen LogP contribution in [0.1, 0.15) is 36.7 Å². The van der Waals surface area contributed by atoms with Crippen molar-refractivity contribution in [2.75, 3.05) is 26.4 Å². The van der Waals surface area contributed by atoms with Gasteiger partial charge >= 0.3 is 0 Å². The molecular weight excluding hydrogens is 424 g/mol. The molecule has 2 aromatic carbocycles. The third-order valence-corrected chi connectivity index (χ3v) is 4.59. The van der Waals surface area contributed by atoms with Gasteiger partial charge in [-0.05, 0) is 39.0 Å². The van der Waals surface area contributed by atoms with Gasteiger partial charge in [-0.15, -0.1) is 0 Å². The third-order valence-electron chi connectivity index (χ3n) is 4.59. The Bertz CT molecular complexity index is 1110. The number of fused-ring (bicyclic) bond motifs is 1. The highest BCUT2D eigenvalue weighted by Gasteiger charge is 2.18. The Hall–Kier alpha value is -4.01. The average molecular weight is 453 g/mol. The van der Waals surface area contributed by atoms with Crippen LogP contribution in [-0.2, 0) is 4.79 Å². The maximum Gasteiger partial charge on any atom is 0.259 e. The number of aromatic amines is 1. The Morgan fingerprint density at radius 2 is 1.67 bits per heavy atom. The number of hydrazone groups is 1. The molecule has 0 saturated carbocycles. The van der Waals surface area contributed by atoms with Crippen LogP contribution >= 0.6 is 0 Å². The van der Waals surface area contributed by atoms with Crippen molar-refractivity contribution in [2.24, 2.45) is 5.10 Å². The van der Waals surface area contributed by atoms with E-state index in [2.05, 4.69) is 20.8 Å². The monoisotopic (exact) mass is 452 g/mol. The molecule has 0 atom stereocenters. The van der Waals surface area contributed by atoms with Crippen molar-refractivity contribution < 1.29 is 23.8 Å². The van der Waals surface area contributed by atoms with Gasteiger partial charge in [0, 0.05) is 28.2 Å². The summed E-state index contributed by atoms with van der Waals surface area (Å²) in [5.74, 6) is 0.352. The van der Waals surface area contributed by atoms with Crippen LogP contribution in [-0.4, -0.2) is 49.4 Å². The first-order valence-corrected chi connectivity index (χ1v) is 10.8. The van der Waals surface area contributed by atoms with Gasteiger partial charge in [0.15, 0.2) is 11.5 Å². The van der Waals surface area contributed by atoms with E-state index in [9.17, 15) is 9.59 Å². The average Bonchev–Trinajstić information content (AvgIpc) is 3.23. The fourth-order valence-corrected chi connectivity index (χ4v) is 3.20. The zero-order chi connectivity index (χ0) is 23.6. The summed E-state index contributed by atoms with van der Waals surface area (Å²) in [5.41, 5.74) is 4.53. The molecule has 3 rings (SSSR count). The van der Waals surface area contributed by atoms with Crippen molar-refractivity contribution in [3.8, 4) is 17.2 Å². The van der Waals surface area contributed by atoms with E-state index < -0.39 is 11.8 Å². The Balaban J connectivity index is 1.62. The summed E-state index contributed by atoms with van der Waals surface area (Å²) < 4.78 is 16.9. The van der Waals surface area contributed by atoms with Crippen LogP contribution in [0.5, 0.6) is 17.2 Å². The fourth-order valence-electron chi connectivity index (χ4n) is 3.20. The molecule has 0 spiro atoms. The second-order valence-electron chi connectivity index (χ2n) is 6.87. The zero-order valence-electron chi connectivity index (χ0n) is 18.9. The highest BCUT2D eigenvalue weighted by Crippen LogP contribution is 2.39. The number of hydrogen-bond acceptors (Lipinski definition) is 6. The van der Waals surface area contributed by atoms with Gasteiger partial charge in [0.1, 0.15) is 0 Å². The largest absolute Gasteiger partial charge is 0.490 e. The summed E-state index contributed by atoms with van der Waals surface area (Å²) in [6.07, 6.45) is 3.35. The fraction of sp³-hybridized carbons (Fsp3) is 0.292. The molecular formula is C24H28N4O5. The molecule has 0 aliphatic rings. The second-order valence-corrected chi connectivity index (χ2v) is 6.87. The first kappa shape index (κ1) is 23.6. The summed E-state index contributed by atoms with van der Waals surface area (Å²) in [6.45, 7) is 6.50. The van der Waals surface area contributed by atoms with Crippen LogP contribution in [0.3, 0.4) is 0 Å². The van der Waals surface area contributed by atoms with Crippen LogP contribution < -0.4 is 25.0 Å². The van der Waals surface area contributed by atoms with E-state index in [1.54, 1.807) is 24.5 Å². The van der Waals surface area contributed by atoms with Crippen molar-refractivity contribution >= 4 is 28.9 Å². The smallest absolute Gasteiger partial charge is 0.259 e. The lowest BCUT2D eigenvalue weighted by molar-refractivity contribution is -0.120. The van der Waals surface area contributed by atoms with Crippen molar-refractivity contribution in [3.63, 3.8) is 0 Å². The van der Waals surface area contributed by atoms with Gasteiger partial charge < -0.3 is 24.5 Å². The molecule has 1 heterocycles. The number of nitrogens with one attached hydrogen (secondary N) is 3. The number of nitrogens with zero attached hydrogens (tertiary/aromatic N) is 1. The van der Waals surface area contributed by atoms with Gasteiger partial charge in [-0.2, -0.15) is 5.10 Å². The van der Waals surface area contributed by atoms with Crippen molar-refractivity contribution in [1.29, 1.82) is 0 Å². The topological polar surface area (TPSA) is 114 Å². The lowest BCUT2D eigenvalue weighted by Gasteiger charge is -2.17. The highest BCUT2D eigenvalue weighted by molar-refractivity contribution is 6.00. The minimum atomic E-state index is -0.458. The van der Waals surface area contributed by atoms with Crippen LogP contribution in [0, 0.1) is 0 Å². The van der Waals surface area contributed by atoms with Gasteiger partial charge in [-0.3, -0.25) is 9.59 Å². The SMILES string of the molecule is CCOc1cc(C(=O)NCC(=O)N/N=C\c2c[nH]c3ccccc23)cc(OCC)c1OCC. The molecule has 174 valence electrons. The van der Waals surface area contributed by atoms with Crippen molar-refractivity contribution in [1.82, 2.24) is 15.7 Å². The number of hydrogen-bond donors (Lipinski definition) is 3. The number of ether oxygens (including phenoxy) is 3. The summed E-state index contributed by atoms with van der Waals surface area (Å²) in [4.78, 5) is 27.9. The molecule has 3 aromatic rings. The molecule has 1 aromatic heterocycles. The minimum absolute atomic E-state index is 0.245. The minimum Gasteiger partial charge on any atom is -0.490 e. The van der Waals surface area contributed by atoms with Crippen LogP contribution in [0.2, 0.25) is 0 Å². The molecule has 0 bridgehead atoms. The Morgan fingerprint density at radius 1 is 1.00 bits per heavy atom. The van der Waals surface area contributed by atoms with Crippen molar-refractivity contribution in [3.05, 3.63) is 53.7 Å². The highest BCUT2D eigenvalue weighted by atomic mass is 16.5. The predicted octanol–water partition coefficient (Wildman–Crippen LogP) is 3.24. The van der Waals surface area contributed by atoms with Crippen LogP contribution in [0.4, 0.5) is 0 Å². The number of amides is 2. The van der Waals surface area contributed by atoms with E-state index >= 15 is 0 Å². The lowest BCUT2D eigenvalue weighted by Crippen LogP contribution is -2.35. The standard InChI is InChI=1S/C24H28N4O5/c1-4-31-20-11-16(12-21(32-5-2)23(20)33-6-3)24(30)26-15-22(29)28-27-14-17-13-25-19-10-8-7-9-18(17)19/h7-14,25H,4-6,15H2,1-3H3,(H,26,30)(H,28,29)/b27-14-. The predicted molar refractivity (Wildman–Crippen MR) is 126 cm³/mol. The molecule has 33 heavy (non-hydrogen) atoms. The second kappa shape index (κ2) is 11.6. The number of aromatic nitrogens is 1. The molecule has 2 amide bonds. The number of rotatable bonds is 11.